The number of benzene rings is 1. The highest BCUT2D eigenvalue weighted by Crippen LogP contribution is 2.30. The van der Waals surface area contributed by atoms with Crippen LogP contribution in [0.4, 0.5) is 14.5 Å². The van der Waals surface area contributed by atoms with Gasteiger partial charge in [0.05, 0.1) is 10.7 Å². The lowest BCUT2D eigenvalue weighted by Crippen LogP contribution is -2.20. The smallest absolute Gasteiger partial charge is 0.387 e. The average Bonchev–Trinajstić information content (AvgIpc) is 2.91. The molecule has 0 aliphatic carbocycles. The van der Waals surface area contributed by atoms with Gasteiger partial charge in [0.2, 0.25) is 0 Å². The number of aromatic nitrogens is 1. The van der Waals surface area contributed by atoms with Crippen LogP contribution in [0, 0.1) is 0 Å². The third-order valence-corrected chi connectivity index (χ3v) is 4.79. The number of aryl methyl sites for hydroxylation is 1. The predicted molar refractivity (Wildman–Crippen MR) is 87.7 cm³/mol. The standard InChI is InChI=1S/C14H14ClF2N3O4S/c1-18-13(21)11-6-9(7-20(11)2)25(22,23)19-8-3-4-12(10(15)5-8)24-14(16)17/h3-7,14,19H,1-2H3,(H,18,21). The first-order valence-electron chi connectivity index (χ1n) is 6.79. The summed E-state index contributed by atoms with van der Waals surface area (Å²) in [6.45, 7) is -3.05. The normalized spacial score (nSPS) is 11.4. The van der Waals surface area contributed by atoms with E-state index in [0.29, 0.717) is 0 Å². The molecule has 1 heterocycles. The van der Waals surface area contributed by atoms with Gasteiger partial charge < -0.3 is 14.6 Å². The second-order valence-corrected chi connectivity index (χ2v) is 6.97. The number of amides is 1. The van der Waals surface area contributed by atoms with Crippen LogP contribution in [-0.2, 0) is 17.1 Å². The van der Waals surface area contributed by atoms with Gasteiger partial charge in [-0.3, -0.25) is 9.52 Å². The van der Waals surface area contributed by atoms with Crippen LogP contribution in [0.2, 0.25) is 5.02 Å². The third kappa shape index (κ3) is 4.40. The highest BCUT2D eigenvalue weighted by molar-refractivity contribution is 7.92. The Hall–Kier alpha value is -2.33. The Balaban J connectivity index is 2.27. The molecule has 0 bridgehead atoms. The van der Waals surface area contributed by atoms with Gasteiger partial charge in [0.25, 0.3) is 15.9 Å². The molecule has 1 amide bonds. The van der Waals surface area contributed by atoms with Crippen LogP contribution in [0.15, 0.2) is 35.4 Å². The second-order valence-electron chi connectivity index (χ2n) is 4.88. The monoisotopic (exact) mass is 393 g/mol. The number of nitrogens with one attached hydrogen (secondary N) is 2. The van der Waals surface area contributed by atoms with Crippen molar-refractivity contribution < 1.29 is 26.7 Å². The number of sulfonamides is 1. The van der Waals surface area contributed by atoms with Crippen LogP contribution >= 0.6 is 11.6 Å². The number of hydrogen-bond donors (Lipinski definition) is 2. The summed E-state index contributed by atoms with van der Waals surface area (Å²) in [5.74, 6) is -0.721. The SMILES string of the molecule is CNC(=O)c1cc(S(=O)(=O)Nc2ccc(OC(F)F)c(Cl)c2)cn1C. The quantitative estimate of drug-likeness (QED) is 0.788. The Bertz CT molecular complexity index is 899. The molecule has 0 unspecified atom stereocenters. The summed E-state index contributed by atoms with van der Waals surface area (Å²) >= 11 is 5.79. The zero-order valence-electron chi connectivity index (χ0n) is 13.1. The molecule has 7 nitrogen and oxygen atoms in total. The van der Waals surface area contributed by atoms with Crippen molar-refractivity contribution >= 4 is 33.2 Å². The zero-order chi connectivity index (χ0) is 18.8. The molecular weight excluding hydrogens is 380 g/mol. The van der Waals surface area contributed by atoms with E-state index in [-0.39, 0.29) is 27.0 Å². The van der Waals surface area contributed by atoms with Crippen molar-refractivity contribution in [3.8, 4) is 5.75 Å². The molecule has 0 aliphatic heterocycles. The molecule has 136 valence electrons. The average molecular weight is 394 g/mol. The lowest BCUT2D eigenvalue weighted by Gasteiger charge is -2.10. The molecule has 25 heavy (non-hydrogen) atoms. The number of hydrogen-bond acceptors (Lipinski definition) is 4. The molecular formula is C14H14ClF2N3O4S. The first-order chi connectivity index (χ1) is 11.6. The molecule has 2 aromatic rings. The van der Waals surface area contributed by atoms with Crippen molar-refractivity contribution in [1.29, 1.82) is 0 Å². The molecule has 11 heteroatoms. The Labute approximate surface area is 147 Å². The Morgan fingerprint density at radius 2 is 2.00 bits per heavy atom. The van der Waals surface area contributed by atoms with Gasteiger partial charge in [0.1, 0.15) is 16.3 Å². The van der Waals surface area contributed by atoms with Crippen molar-refractivity contribution in [2.24, 2.45) is 7.05 Å². The molecule has 0 saturated heterocycles. The predicted octanol–water partition coefficient (Wildman–Crippen LogP) is 2.44. The fraction of sp³-hybridized carbons (Fsp3) is 0.214. The van der Waals surface area contributed by atoms with E-state index in [9.17, 15) is 22.0 Å². The van der Waals surface area contributed by atoms with Crippen LogP contribution in [-0.4, -0.2) is 32.6 Å². The molecule has 2 rings (SSSR count). The maximum Gasteiger partial charge on any atom is 0.387 e. The van der Waals surface area contributed by atoms with E-state index in [1.807, 2.05) is 0 Å². The van der Waals surface area contributed by atoms with Crippen molar-refractivity contribution in [3.63, 3.8) is 0 Å². The van der Waals surface area contributed by atoms with Crippen LogP contribution in [0.25, 0.3) is 0 Å². The van der Waals surface area contributed by atoms with E-state index < -0.39 is 22.5 Å². The number of halogens is 3. The fourth-order valence-electron chi connectivity index (χ4n) is 2.00. The number of alkyl halides is 2. The van der Waals surface area contributed by atoms with Gasteiger partial charge in [0, 0.05) is 20.3 Å². The van der Waals surface area contributed by atoms with Gasteiger partial charge >= 0.3 is 6.61 Å². The summed E-state index contributed by atoms with van der Waals surface area (Å²) in [4.78, 5) is 11.5. The topological polar surface area (TPSA) is 89.4 Å². The Kier molecular flexibility index (Phi) is 5.53. The lowest BCUT2D eigenvalue weighted by molar-refractivity contribution is -0.0497. The molecule has 0 saturated carbocycles. The molecule has 0 aliphatic rings. The minimum absolute atomic E-state index is 0.0527. The van der Waals surface area contributed by atoms with Crippen molar-refractivity contribution in [2.75, 3.05) is 11.8 Å². The fourth-order valence-corrected chi connectivity index (χ4v) is 3.35. The highest BCUT2D eigenvalue weighted by Gasteiger charge is 2.21. The van der Waals surface area contributed by atoms with Gasteiger partial charge in [-0.2, -0.15) is 8.78 Å². The van der Waals surface area contributed by atoms with E-state index in [2.05, 4.69) is 14.8 Å². The Morgan fingerprint density at radius 1 is 1.32 bits per heavy atom. The molecule has 2 N–H and O–H groups in total. The van der Waals surface area contributed by atoms with Crippen molar-refractivity contribution in [2.45, 2.75) is 11.5 Å². The summed E-state index contributed by atoms with van der Waals surface area (Å²) in [6, 6.07) is 4.69. The van der Waals surface area contributed by atoms with Gasteiger partial charge in [-0.1, -0.05) is 11.6 Å². The van der Waals surface area contributed by atoms with Crippen LogP contribution < -0.4 is 14.8 Å². The van der Waals surface area contributed by atoms with E-state index in [1.54, 1.807) is 0 Å². The largest absolute Gasteiger partial charge is 0.433 e. The number of anilines is 1. The van der Waals surface area contributed by atoms with E-state index in [0.717, 1.165) is 12.1 Å². The molecule has 0 atom stereocenters. The van der Waals surface area contributed by atoms with Crippen LogP contribution in [0.3, 0.4) is 0 Å². The zero-order valence-corrected chi connectivity index (χ0v) is 14.7. The molecule has 0 spiro atoms. The molecule has 0 radical (unpaired) electrons. The first kappa shape index (κ1) is 19.0. The summed E-state index contributed by atoms with van der Waals surface area (Å²) in [7, 11) is -1.06. The van der Waals surface area contributed by atoms with E-state index in [1.165, 1.54) is 37.0 Å². The van der Waals surface area contributed by atoms with Gasteiger partial charge in [-0.05, 0) is 24.3 Å². The minimum atomic E-state index is -4.01. The molecule has 0 fully saturated rings. The maximum atomic E-state index is 12.4. The maximum absolute atomic E-state index is 12.4. The number of ether oxygens (including phenoxy) is 1. The number of rotatable bonds is 6. The summed E-state index contributed by atoms with van der Waals surface area (Å²) in [6.07, 6.45) is 1.27. The van der Waals surface area contributed by atoms with Crippen molar-refractivity contribution in [3.05, 3.63) is 41.2 Å². The van der Waals surface area contributed by atoms with Crippen LogP contribution in [0.5, 0.6) is 5.75 Å². The van der Waals surface area contributed by atoms with E-state index >= 15 is 0 Å². The summed E-state index contributed by atoms with van der Waals surface area (Å²) < 4.78 is 57.0. The third-order valence-electron chi connectivity index (χ3n) is 3.15. The molecule has 1 aromatic carbocycles. The van der Waals surface area contributed by atoms with Gasteiger partial charge in [0.15, 0.2) is 0 Å². The number of carbonyl (C=O) groups is 1. The Morgan fingerprint density at radius 3 is 2.56 bits per heavy atom. The van der Waals surface area contributed by atoms with Crippen molar-refractivity contribution in [1.82, 2.24) is 9.88 Å². The lowest BCUT2D eigenvalue weighted by atomic mass is 10.3. The summed E-state index contributed by atoms with van der Waals surface area (Å²) in [5, 5.41) is 2.22. The van der Waals surface area contributed by atoms with Gasteiger partial charge in [-0.15, -0.1) is 0 Å². The molecule has 1 aromatic heterocycles. The number of nitrogens with zero attached hydrogens (tertiary/aromatic N) is 1. The number of carbonyl (C=O) groups excluding carboxylic acids is 1. The van der Waals surface area contributed by atoms with Crippen LogP contribution in [0.1, 0.15) is 10.5 Å². The van der Waals surface area contributed by atoms with E-state index in [4.69, 9.17) is 11.6 Å². The van der Waals surface area contributed by atoms with Gasteiger partial charge in [-0.25, -0.2) is 8.42 Å². The summed E-state index contributed by atoms with van der Waals surface area (Å²) in [5.41, 5.74) is 0.207. The minimum Gasteiger partial charge on any atom is -0.433 e. The first-order valence-corrected chi connectivity index (χ1v) is 8.66. The highest BCUT2D eigenvalue weighted by atomic mass is 35.5. The second kappa shape index (κ2) is 7.28.